The van der Waals surface area contributed by atoms with Gasteiger partial charge in [-0.05, 0) is 31.2 Å². The van der Waals surface area contributed by atoms with E-state index in [2.05, 4.69) is 15.4 Å². The Kier molecular flexibility index (Phi) is 3.96. The van der Waals surface area contributed by atoms with Crippen LogP contribution in [0.5, 0.6) is 0 Å². The maximum absolute atomic E-state index is 5.41. The smallest absolute Gasteiger partial charge is 0.202 e. The second-order valence-corrected chi connectivity index (χ2v) is 5.92. The number of hydrogen-bond acceptors (Lipinski definition) is 7. The van der Waals surface area contributed by atoms with Gasteiger partial charge in [-0.15, -0.1) is 10.2 Å². The Morgan fingerprint density at radius 3 is 2.54 bits per heavy atom. The van der Waals surface area contributed by atoms with E-state index in [0.29, 0.717) is 23.0 Å². The molecule has 0 aromatic carbocycles. The number of hydrogen-bond donors (Lipinski definition) is 0. The van der Waals surface area contributed by atoms with Crippen LogP contribution < -0.4 is 0 Å². The summed E-state index contributed by atoms with van der Waals surface area (Å²) < 4.78 is 18.0. The quantitative estimate of drug-likeness (QED) is 0.488. The fourth-order valence-corrected chi connectivity index (χ4v) is 3.20. The van der Waals surface area contributed by atoms with Crippen molar-refractivity contribution < 1.29 is 13.4 Å². The second kappa shape index (κ2) is 6.40. The van der Waals surface area contributed by atoms with Crippen molar-refractivity contribution in [2.24, 2.45) is 0 Å². The van der Waals surface area contributed by atoms with Crippen LogP contribution in [0.25, 0.3) is 23.1 Å². The Morgan fingerprint density at radius 2 is 1.83 bits per heavy atom. The van der Waals surface area contributed by atoms with Crippen LogP contribution in [0.1, 0.15) is 12.6 Å². The lowest BCUT2D eigenvalue weighted by molar-refractivity contribution is 0.413. The van der Waals surface area contributed by atoms with Gasteiger partial charge in [0.05, 0.1) is 18.2 Å². The van der Waals surface area contributed by atoms with Crippen molar-refractivity contribution in [3.05, 3.63) is 48.6 Å². The molecule has 0 radical (unpaired) electrons. The van der Waals surface area contributed by atoms with E-state index in [1.54, 1.807) is 24.3 Å². The summed E-state index contributed by atoms with van der Waals surface area (Å²) >= 11 is 1.55. The summed E-state index contributed by atoms with van der Waals surface area (Å²) in [5, 5.41) is 13.4. The number of thioether (sulfide) groups is 1. The minimum absolute atomic E-state index is 0.615. The molecule has 0 aliphatic rings. The van der Waals surface area contributed by atoms with E-state index < -0.39 is 0 Å². The zero-order valence-electron chi connectivity index (χ0n) is 12.9. The average Bonchev–Trinajstić information content (AvgIpc) is 3.40. The molecule has 8 heteroatoms. The zero-order valence-corrected chi connectivity index (χ0v) is 13.7. The third kappa shape index (κ3) is 2.76. The third-order valence-corrected chi connectivity index (χ3v) is 4.45. The predicted octanol–water partition coefficient (Wildman–Crippen LogP) is 4.10. The molecule has 0 N–H and O–H groups in total. The lowest BCUT2D eigenvalue weighted by Crippen LogP contribution is -1.99. The van der Waals surface area contributed by atoms with Crippen molar-refractivity contribution in [2.75, 3.05) is 0 Å². The summed E-state index contributed by atoms with van der Waals surface area (Å²) in [5.41, 5.74) is 0.816. The normalized spacial score (nSPS) is 11.2. The van der Waals surface area contributed by atoms with Crippen LogP contribution in [0.15, 0.2) is 61.4 Å². The minimum atomic E-state index is 0.615. The minimum Gasteiger partial charge on any atom is -0.461 e. The van der Waals surface area contributed by atoms with Crippen LogP contribution in [0.4, 0.5) is 0 Å². The van der Waals surface area contributed by atoms with E-state index in [-0.39, 0.29) is 0 Å². The number of aromatic nitrogens is 4. The molecular formula is C16H14N4O3S. The van der Waals surface area contributed by atoms with Crippen LogP contribution in [0.3, 0.4) is 0 Å². The Labute approximate surface area is 141 Å². The van der Waals surface area contributed by atoms with E-state index in [1.807, 2.05) is 41.8 Å². The molecule has 0 unspecified atom stereocenters. The lowest BCUT2D eigenvalue weighted by Gasteiger charge is -2.04. The highest BCUT2D eigenvalue weighted by Gasteiger charge is 2.16. The van der Waals surface area contributed by atoms with Gasteiger partial charge in [-0.2, -0.15) is 0 Å². The van der Waals surface area contributed by atoms with E-state index in [9.17, 15) is 0 Å². The molecule has 0 spiro atoms. The van der Waals surface area contributed by atoms with Crippen molar-refractivity contribution in [1.82, 2.24) is 19.9 Å². The SMILES string of the molecule is CCn1c(SCc2cc(-c3ccco3)on2)nnc1-c1ccco1. The van der Waals surface area contributed by atoms with Gasteiger partial charge < -0.3 is 13.4 Å². The van der Waals surface area contributed by atoms with Gasteiger partial charge in [0.15, 0.2) is 22.5 Å². The molecule has 4 heterocycles. The Hall–Kier alpha value is -2.74. The summed E-state index contributed by atoms with van der Waals surface area (Å²) in [6.07, 6.45) is 3.23. The van der Waals surface area contributed by atoms with Crippen LogP contribution >= 0.6 is 11.8 Å². The fourth-order valence-electron chi connectivity index (χ4n) is 2.32. The highest BCUT2D eigenvalue weighted by molar-refractivity contribution is 7.98. The second-order valence-electron chi connectivity index (χ2n) is 4.98. The summed E-state index contributed by atoms with van der Waals surface area (Å²) in [7, 11) is 0. The molecule has 7 nitrogen and oxygen atoms in total. The fraction of sp³-hybridized carbons (Fsp3) is 0.188. The van der Waals surface area contributed by atoms with Gasteiger partial charge in [0.25, 0.3) is 0 Å². The van der Waals surface area contributed by atoms with Crippen LogP contribution in [0.2, 0.25) is 0 Å². The van der Waals surface area contributed by atoms with Crippen molar-refractivity contribution in [2.45, 2.75) is 24.4 Å². The summed E-state index contributed by atoms with van der Waals surface area (Å²) in [6, 6.07) is 9.22. The molecule has 0 aliphatic carbocycles. The molecule has 4 aromatic heterocycles. The average molecular weight is 342 g/mol. The first kappa shape index (κ1) is 14.8. The van der Waals surface area contributed by atoms with Crippen molar-refractivity contribution in [1.29, 1.82) is 0 Å². The monoisotopic (exact) mass is 342 g/mol. The van der Waals surface area contributed by atoms with Gasteiger partial charge in [0, 0.05) is 18.4 Å². The van der Waals surface area contributed by atoms with E-state index in [4.69, 9.17) is 13.4 Å². The number of rotatable bonds is 6. The van der Waals surface area contributed by atoms with E-state index in [1.165, 1.54) is 0 Å². The van der Waals surface area contributed by atoms with Crippen LogP contribution in [0, 0.1) is 0 Å². The lowest BCUT2D eigenvalue weighted by atomic mass is 10.3. The molecule has 0 bridgehead atoms. The molecular weight excluding hydrogens is 328 g/mol. The van der Waals surface area contributed by atoms with Gasteiger partial charge in [-0.1, -0.05) is 16.9 Å². The standard InChI is InChI=1S/C16H14N4O3S/c1-2-20-15(13-6-4-8-22-13)17-18-16(20)24-10-11-9-14(23-19-11)12-5-3-7-21-12/h3-9H,2,10H2,1H3. The van der Waals surface area contributed by atoms with Gasteiger partial charge in [-0.3, -0.25) is 4.57 Å². The maximum Gasteiger partial charge on any atom is 0.202 e. The Morgan fingerprint density at radius 1 is 1.04 bits per heavy atom. The van der Waals surface area contributed by atoms with Crippen molar-refractivity contribution >= 4 is 11.8 Å². The van der Waals surface area contributed by atoms with Gasteiger partial charge in [0.2, 0.25) is 5.76 Å². The number of nitrogens with zero attached hydrogens (tertiary/aromatic N) is 4. The van der Waals surface area contributed by atoms with Gasteiger partial charge in [-0.25, -0.2) is 0 Å². The molecule has 0 saturated heterocycles. The van der Waals surface area contributed by atoms with Gasteiger partial charge in [0.1, 0.15) is 0 Å². The van der Waals surface area contributed by atoms with Crippen molar-refractivity contribution in [3.8, 4) is 23.1 Å². The molecule has 24 heavy (non-hydrogen) atoms. The largest absolute Gasteiger partial charge is 0.461 e. The maximum atomic E-state index is 5.41. The predicted molar refractivity (Wildman–Crippen MR) is 87.2 cm³/mol. The molecule has 0 fully saturated rings. The van der Waals surface area contributed by atoms with Crippen LogP contribution in [-0.2, 0) is 12.3 Å². The summed E-state index contributed by atoms with van der Waals surface area (Å²) in [5.74, 6) is 3.33. The van der Waals surface area contributed by atoms with Crippen LogP contribution in [-0.4, -0.2) is 19.9 Å². The van der Waals surface area contributed by atoms with E-state index in [0.717, 1.165) is 23.2 Å². The highest BCUT2D eigenvalue weighted by atomic mass is 32.2. The molecule has 0 amide bonds. The molecule has 4 rings (SSSR count). The Balaban J connectivity index is 1.50. The topological polar surface area (TPSA) is 83.0 Å². The highest BCUT2D eigenvalue weighted by Crippen LogP contribution is 2.28. The molecule has 4 aromatic rings. The van der Waals surface area contributed by atoms with Gasteiger partial charge >= 0.3 is 0 Å². The Bertz CT molecular complexity index is 909. The molecule has 0 saturated carbocycles. The summed E-state index contributed by atoms with van der Waals surface area (Å²) in [4.78, 5) is 0. The first-order valence-corrected chi connectivity index (χ1v) is 8.43. The number of furan rings is 2. The van der Waals surface area contributed by atoms with E-state index >= 15 is 0 Å². The molecule has 122 valence electrons. The zero-order chi connectivity index (χ0) is 16.4. The summed E-state index contributed by atoms with van der Waals surface area (Å²) in [6.45, 7) is 2.80. The molecule has 0 aliphatic heterocycles. The van der Waals surface area contributed by atoms with Crippen molar-refractivity contribution in [3.63, 3.8) is 0 Å². The molecule has 0 atom stereocenters. The third-order valence-electron chi connectivity index (χ3n) is 3.45. The first-order valence-electron chi connectivity index (χ1n) is 7.44. The first-order chi connectivity index (χ1) is 11.8.